The van der Waals surface area contributed by atoms with Crippen LogP contribution in [0.3, 0.4) is 0 Å². The number of nitrogens with zero attached hydrogens (tertiary/aromatic N) is 2. The van der Waals surface area contributed by atoms with Crippen LogP contribution in [-0.4, -0.2) is 67.7 Å². The molecule has 2 aliphatic rings. The normalized spacial score (nSPS) is 24.5. The van der Waals surface area contributed by atoms with Crippen molar-refractivity contribution in [1.29, 1.82) is 0 Å². The van der Waals surface area contributed by atoms with Gasteiger partial charge >= 0.3 is 0 Å². The van der Waals surface area contributed by atoms with Crippen LogP contribution in [0.2, 0.25) is 0 Å². The highest BCUT2D eigenvalue weighted by Gasteiger charge is 2.48. The van der Waals surface area contributed by atoms with Crippen LogP contribution in [-0.2, 0) is 9.53 Å². The molecule has 0 aromatic carbocycles. The molecule has 2 fully saturated rings. The third kappa shape index (κ3) is 3.18. The van der Waals surface area contributed by atoms with Crippen molar-refractivity contribution in [1.82, 2.24) is 9.80 Å². The monoisotopic (exact) mass is 241 g/mol. The van der Waals surface area contributed by atoms with Gasteiger partial charge in [-0.2, -0.15) is 0 Å². The summed E-state index contributed by atoms with van der Waals surface area (Å²) < 4.78 is 5.08. The lowest BCUT2D eigenvalue weighted by Crippen LogP contribution is -2.47. The third-order valence-electron chi connectivity index (χ3n) is 3.70. The van der Waals surface area contributed by atoms with Crippen molar-refractivity contribution in [2.45, 2.75) is 24.8 Å². The molecule has 98 valence electrons. The Balaban J connectivity index is 1.81. The fourth-order valence-corrected chi connectivity index (χ4v) is 2.28. The number of methoxy groups -OCH3 is 1. The van der Waals surface area contributed by atoms with Crippen LogP contribution in [0.5, 0.6) is 0 Å². The molecule has 5 nitrogen and oxygen atoms in total. The Morgan fingerprint density at radius 3 is 2.71 bits per heavy atom. The fraction of sp³-hybridized carbons (Fsp3) is 0.917. The van der Waals surface area contributed by atoms with Crippen molar-refractivity contribution in [3.63, 3.8) is 0 Å². The van der Waals surface area contributed by atoms with E-state index in [1.54, 1.807) is 7.11 Å². The Morgan fingerprint density at radius 1 is 1.29 bits per heavy atom. The fourth-order valence-electron chi connectivity index (χ4n) is 2.28. The molecule has 5 heteroatoms. The molecule has 1 saturated carbocycles. The quantitative estimate of drug-likeness (QED) is 0.731. The van der Waals surface area contributed by atoms with E-state index in [9.17, 15) is 4.79 Å². The van der Waals surface area contributed by atoms with E-state index in [2.05, 4.69) is 4.90 Å². The molecule has 17 heavy (non-hydrogen) atoms. The molecule has 0 bridgehead atoms. The van der Waals surface area contributed by atoms with Gasteiger partial charge in [0.05, 0.1) is 12.1 Å². The molecule has 1 aliphatic carbocycles. The molecule has 0 radical (unpaired) electrons. The lowest BCUT2D eigenvalue weighted by Gasteiger charge is -2.24. The molecule has 0 aromatic rings. The SMILES string of the molecule is COCCN1CCCN(C(=O)C2(N)CC2)CC1. The van der Waals surface area contributed by atoms with Crippen LogP contribution in [0, 0.1) is 0 Å². The Kier molecular flexibility index (Phi) is 4.01. The van der Waals surface area contributed by atoms with E-state index in [0.29, 0.717) is 0 Å². The first-order valence-electron chi connectivity index (χ1n) is 6.45. The highest BCUT2D eigenvalue weighted by Crippen LogP contribution is 2.34. The largest absolute Gasteiger partial charge is 0.383 e. The molecular weight excluding hydrogens is 218 g/mol. The Bertz CT molecular complexity index is 279. The van der Waals surface area contributed by atoms with E-state index in [0.717, 1.165) is 58.6 Å². The molecule has 2 N–H and O–H groups in total. The molecular formula is C12H23N3O2. The lowest BCUT2D eigenvalue weighted by atomic mass is 10.2. The molecule has 0 unspecified atom stereocenters. The number of nitrogens with two attached hydrogens (primary N) is 1. The van der Waals surface area contributed by atoms with Gasteiger partial charge in [0.25, 0.3) is 0 Å². The molecule has 0 spiro atoms. The van der Waals surface area contributed by atoms with Crippen molar-refractivity contribution in [3.8, 4) is 0 Å². The van der Waals surface area contributed by atoms with E-state index in [4.69, 9.17) is 10.5 Å². The summed E-state index contributed by atoms with van der Waals surface area (Å²) in [7, 11) is 1.72. The number of hydrogen-bond donors (Lipinski definition) is 1. The Labute approximate surface area is 103 Å². The molecule has 2 rings (SSSR count). The number of hydrogen-bond acceptors (Lipinski definition) is 4. The molecule has 1 aliphatic heterocycles. The van der Waals surface area contributed by atoms with E-state index in [1.165, 1.54) is 0 Å². The number of rotatable bonds is 4. The molecule has 1 amide bonds. The number of ether oxygens (including phenoxy) is 1. The molecule has 1 saturated heterocycles. The van der Waals surface area contributed by atoms with Crippen molar-refractivity contribution < 1.29 is 9.53 Å². The van der Waals surface area contributed by atoms with Crippen LogP contribution in [0.25, 0.3) is 0 Å². The maximum atomic E-state index is 12.1. The lowest BCUT2D eigenvalue weighted by molar-refractivity contribution is -0.133. The van der Waals surface area contributed by atoms with Crippen molar-refractivity contribution in [3.05, 3.63) is 0 Å². The van der Waals surface area contributed by atoms with Gasteiger partial charge in [-0.25, -0.2) is 0 Å². The number of carbonyl (C=O) groups is 1. The summed E-state index contributed by atoms with van der Waals surface area (Å²) in [6.45, 7) is 5.35. The number of carbonyl (C=O) groups excluding carboxylic acids is 1. The predicted molar refractivity (Wildman–Crippen MR) is 65.7 cm³/mol. The van der Waals surface area contributed by atoms with Gasteiger partial charge < -0.3 is 15.4 Å². The average molecular weight is 241 g/mol. The maximum absolute atomic E-state index is 12.1. The maximum Gasteiger partial charge on any atom is 0.242 e. The topological polar surface area (TPSA) is 58.8 Å². The van der Waals surface area contributed by atoms with Gasteiger partial charge in [0, 0.05) is 33.3 Å². The second kappa shape index (κ2) is 5.33. The van der Waals surface area contributed by atoms with Crippen LogP contribution < -0.4 is 5.73 Å². The van der Waals surface area contributed by atoms with Crippen LogP contribution in [0.1, 0.15) is 19.3 Å². The zero-order chi connectivity index (χ0) is 12.3. The summed E-state index contributed by atoms with van der Waals surface area (Å²) in [6, 6.07) is 0. The van der Waals surface area contributed by atoms with Crippen LogP contribution in [0.4, 0.5) is 0 Å². The van der Waals surface area contributed by atoms with E-state index >= 15 is 0 Å². The summed E-state index contributed by atoms with van der Waals surface area (Å²) in [5.74, 6) is 0.158. The highest BCUT2D eigenvalue weighted by molar-refractivity contribution is 5.89. The summed E-state index contributed by atoms with van der Waals surface area (Å²) in [6.07, 6.45) is 2.75. The van der Waals surface area contributed by atoms with Gasteiger partial charge in [-0.05, 0) is 25.8 Å². The Morgan fingerprint density at radius 2 is 2.06 bits per heavy atom. The van der Waals surface area contributed by atoms with E-state index in [-0.39, 0.29) is 5.91 Å². The predicted octanol–water partition coefficient (Wildman–Crippen LogP) is -0.342. The smallest absolute Gasteiger partial charge is 0.242 e. The molecule has 1 heterocycles. The van der Waals surface area contributed by atoms with Crippen LogP contribution >= 0.6 is 0 Å². The van der Waals surface area contributed by atoms with Gasteiger partial charge in [-0.3, -0.25) is 9.69 Å². The minimum absolute atomic E-state index is 0.158. The zero-order valence-corrected chi connectivity index (χ0v) is 10.7. The summed E-state index contributed by atoms with van der Waals surface area (Å²) in [4.78, 5) is 16.4. The van der Waals surface area contributed by atoms with Gasteiger partial charge in [0.15, 0.2) is 0 Å². The molecule has 0 aromatic heterocycles. The van der Waals surface area contributed by atoms with Gasteiger partial charge in [0.1, 0.15) is 0 Å². The minimum Gasteiger partial charge on any atom is -0.383 e. The van der Waals surface area contributed by atoms with E-state index in [1.807, 2.05) is 4.90 Å². The van der Waals surface area contributed by atoms with E-state index < -0.39 is 5.54 Å². The van der Waals surface area contributed by atoms with Crippen molar-refractivity contribution in [2.24, 2.45) is 5.73 Å². The zero-order valence-electron chi connectivity index (χ0n) is 10.7. The van der Waals surface area contributed by atoms with Crippen molar-refractivity contribution in [2.75, 3.05) is 46.4 Å². The summed E-state index contributed by atoms with van der Waals surface area (Å²) in [5, 5.41) is 0. The first-order valence-corrected chi connectivity index (χ1v) is 6.45. The number of amides is 1. The average Bonchev–Trinajstić information content (AvgIpc) is 3.10. The first-order chi connectivity index (χ1) is 8.15. The minimum atomic E-state index is -0.512. The second-order valence-corrected chi connectivity index (χ2v) is 5.14. The summed E-state index contributed by atoms with van der Waals surface area (Å²) in [5.41, 5.74) is 5.45. The van der Waals surface area contributed by atoms with Crippen molar-refractivity contribution >= 4 is 5.91 Å². The van der Waals surface area contributed by atoms with Gasteiger partial charge in [0.2, 0.25) is 5.91 Å². The van der Waals surface area contributed by atoms with Gasteiger partial charge in [-0.15, -0.1) is 0 Å². The van der Waals surface area contributed by atoms with Gasteiger partial charge in [-0.1, -0.05) is 0 Å². The Hall–Kier alpha value is -0.650. The van der Waals surface area contributed by atoms with Crippen LogP contribution in [0.15, 0.2) is 0 Å². The standard InChI is InChI=1S/C12H23N3O2/c1-17-10-9-14-5-2-6-15(8-7-14)11(16)12(13)3-4-12/h2-10,13H2,1H3. The highest BCUT2D eigenvalue weighted by atomic mass is 16.5. The third-order valence-corrected chi connectivity index (χ3v) is 3.70. The molecule has 0 atom stereocenters. The first kappa shape index (κ1) is 12.8. The summed E-state index contributed by atoms with van der Waals surface area (Å²) >= 11 is 0. The second-order valence-electron chi connectivity index (χ2n) is 5.14.